The van der Waals surface area contributed by atoms with Crippen LogP contribution in [0.1, 0.15) is 70.0 Å². The maximum atomic E-state index is 14.4. The van der Waals surface area contributed by atoms with E-state index in [1.165, 1.54) is 46.3 Å². The van der Waals surface area contributed by atoms with Gasteiger partial charge in [0.25, 0.3) is 11.7 Å². The molecule has 1 fully saturated rings. The standard InChI is InChI=1S/C43H59N3O12/c1-21-12-11-13-22(2)42(54)44-33-28(20-46-17-15-45(9)16-18-46)37(51)30-31(38(33)52)36(50)26(6)40-32(30)41(53)43(8,58-40)56-19-14-29(55-10)23(3)39(57-27(7)47)25(5)35(49)24(4)34(21)48/h11-14,19,21,23-25,29,34-35,39,48-52H,15-18,20H2,1-10H3,(H,44,54)/b12-11-,19-14-,22-13-/t21-,23+,24+,25+,29-,34-,35+,39+,43-/m0/s1. The van der Waals surface area contributed by atoms with E-state index < -0.39 is 88.8 Å². The molecule has 6 N–H and O–H groups in total. The molecule has 4 aliphatic heterocycles. The number of hydrogen-bond donors (Lipinski definition) is 6. The van der Waals surface area contributed by atoms with Crippen molar-refractivity contribution in [3.05, 3.63) is 52.8 Å². The van der Waals surface area contributed by atoms with Gasteiger partial charge < -0.3 is 54.7 Å². The van der Waals surface area contributed by atoms with Gasteiger partial charge in [-0.15, -0.1) is 0 Å². The van der Waals surface area contributed by atoms with Gasteiger partial charge in [-0.05, 0) is 27.0 Å². The number of aliphatic hydroxyl groups is 2. The van der Waals surface area contributed by atoms with Crippen molar-refractivity contribution in [2.24, 2.45) is 23.7 Å². The zero-order chi connectivity index (χ0) is 43.0. The predicted octanol–water partition coefficient (Wildman–Crippen LogP) is 4.50. The summed E-state index contributed by atoms with van der Waals surface area (Å²) < 4.78 is 23.7. The summed E-state index contributed by atoms with van der Waals surface area (Å²) in [5.41, 5.74) is 0.176. The van der Waals surface area contributed by atoms with Crippen LogP contribution < -0.4 is 10.1 Å². The Balaban J connectivity index is 1.70. The predicted molar refractivity (Wildman–Crippen MR) is 217 cm³/mol. The number of aromatic hydroxyl groups is 3. The molecule has 5 bridgehead atoms. The van der Waals surface area contributed by atoms with Crippen molar-refractivity contribution in [2.45, 2.75) is 92.1 Å². The largest absolute Gasteiger partial charge is 0.507 e. The monoisotopic (exact) mass is 809 g/mol. The van der Waals surface area contributed by atoms with Crippen LogP contribution >= 0.6 is 0 Å². The minimum Gasteiger partial charge on any atom is -0.507 e. The first-order valence-electron chi connectivity index (χ1n) is 19.7. The van der Waals surface area contributed by atoms with E-state index in [-0.39, 0.29) is 51.0 Å². The van der Waals surface area contributed by atoms with Crippen LogP contribution in [0.25, 0.3) is 10.8 Å². The highest BCUT2D eigenvalue weighted by Gasteiger charge is 2.50. The van der Waals surface area contributed by atoms with Gasteiger partial charge in [0.15, 0.2) is 5.75 Å². The van der Waals surface area contributed by atoms with Gasteiger partial charge in [-0.3, -0.25) is 19.3 Å². The van der Waals surface area contributed by atoms with Crippen LogP contribution in [-0.4, -0.2) is 124 Å². The number of rotatable bonds is 4. The number of esters is 1. The number of nitrogens with zero attached hydrogens (tertiary/aromatic N) is 2. The molecular weight excluding hydrogens is 750 g/mol. The van der Waals surface area contributed by atoms with Gasteiger partial charge in [0.05, 0.1) is 41.2 Å². The third kappa shape index (κ3) is 8.55. The Morgan fingerprint density at radius 2 is 1.59 bits per heavy atom. The van der Waals surface area contributed by atoms with Crippen molar-refractivity contribution in [1.82, 2.24) is 9.80 Å². The average Bonchev–Trinajstić information content (AvgIpc) is 3.45. The second-order valence-electron chi connectivity index (χ2n) is 16.3. The molecule has 58 heavy (non-hydrogen) atoms. The zero-order valence-corrected chi connectivity index (χ0v) is 35.0. The number of likely N-dealkylation sites (N-methyl/N-ethyl adjacent to an activating group) is 1. The van der Waals surface area contributed by atoms with Crippen LogP contribution in [0, 0.1) is 30.6 Å². The molecule has 2 aromatic rings. The lowest BCUT2D eigenvalue weighted by Crippen LogP contribution is -2.46. The average molecular weight is 810 g/mol. The summed E-state index contributed by atoms with van der Waals surface area (Å²) in [5, 5.41) is 60.9. The highest BCUT2D eigenvalue weighted by Crippen LogP contribution is 2.55. The summed E-state index contributed by atoms with van der Waals surface area (Å²) in [6.45, 7) is 15.4. The minimum absolute atomic E-state index is 0.0565. The topological polar surface area (TPSA) is 208 Å². The molecule has 318 valence electrons. The molecule has 2 aromatic carbocycles. The third-order valence-electron chi connectivity index (χ3n) is 12.1. The summed E-state index contributed by atoms with van der Waals surface area (Å²) in [6.07, 6.45) is 3.73. The molecule has 15 heteroatoms. The molecule has 1 saturated heterocycles. The Kier molecular flexibility index (Phi) is 13.5. The molecule has 0 spiro atoms. The van der Waals surface area contributed by atoms with E-state index in [1.807, 2.05) is 11.9 Å². The summed E-state index contributed by atoms with van der Waals surface area (Å²) >= 11 is 0. The molecule has 0 saturated carbocycles. The number of aliphatic hydroxyl groups excluding tert-OH is 2. The molecule has 9 atom stereocenters. The maximum absolute atomic E-state index is 14.4. The second kappa shape index (κ2) is 17.7. The first-order valence-corrected chi connectivity index (χ1v) is 19.7. The number of ketones is 1. The Hall–Kier alpha value is -4.67. The van der Waals surface area contributed by atoms with Crippen molar-refractivity contribution in [2.75, 3.05) is 45.7 Å². The van der Waals surface area contributed by atoms with E-state index in [2.05, 4.69) is 10.2 Å². The number of benzene rings is 2. The van der Waals surface area contributed by atoms with Crippen molar-refractivity contribution >= 4 is 34.1 Å². The summed E-state index contributed by atoms with van der Waals surface area (Å²) in [4.78, 5) is 44.7. The van der Waals surface area contributed by atoms with Gasteiger partial charge in [0.2, 0.25) is 0 Å². The number of fused-ring (bicyclic) bond motifs is 14. The maximum Gasteiger partial charge on any atom is 0.312 e. The minimum atomic E-state index is -2.01. The number of phenols is 3. The first-order chi connectivity index (χ1) is 27.2. The number of piperazine rings is 1. The number of amides is 1. The lowest BCUT2D eigenvalue weighted by atomic mass is 9.78. The van der Waals surface area contributed by atoms with Crippen LogP contribution in [0.15, 0.2) is 36.1 Å². The van der Waals surface area contributed by atoms with E-state index in [9.17, 15) is 39.9 Å². The number of methoxy groups -OCH3 is 1. The van der Waals surface area contributed by atoms with Gasteiger partial charge in [-0.2, -0.15) is 0 Å². The Bertz CT molecular complexity index is 2000. The van der Waals surface area contributed by atoms with E-state index >= 15 is 0 Å². The molecule has 15 nitrogen and oxygen atoms in total. The van der Waals surface area contributed by atoms with E-state index in [1.54, 1.807) is 46.8 Å². The molecule has 4 aliphatic rings. The summed E-state index contributed by atoms with van der Waals surface area (Å²) in [5.74, 6) is -7.86. The van der Waals surface area contributed by atoms with Crippen LogP contribution in [0.4, 0.5) is 5.69 Å². The van der Waals surface area contributed by atoms with Gasteiger partial charge in [0, 0.05) is 99.4 Å². The zero-order valence-electron chi connectivity index (χ0n) is 35.0. The van der Waals surface area contributed by atoms with Gasteiger partial charge >= 0.3 is 11.8 Å². The fourth-order valence-electron chi connectivity index (χ4n) is 8.17. The van der Waals surface area contributed by atoms with E-state index in [0.29, 0.717) is 13.1 Å². The molecule has 0 unspecified atom stereocenters. The molecule has 0 aliphatic carbocycles. The molecule has 0 radical (unpaired) electrons. The normalized spacial score (nSPS) is 32.6. The smallest absolute Gasteiger partial charge is 0.312 e. The molecule has 6 rings (SSSR count). The van der Waals surface area contributed by atoms with Gasteiger partial charge in [-0.1, -0.05) is 45.9 Å². The van der Waals surface area contributed by atoms with Crippen LogP contribution in [0.3, 0.4) is 0 Å². The SMILES string of the molecule is CO[C@H]1/C=C\O[C@@]2(C)Oc3c(C)c(O)c4c(O)c(c(CN5CCN(C)CC5)c(O)c4c3C2=O)NC(=O)/C(C)=C\C=C/[C@H](C)[C@H](O)[C@@H](C)[C@@H](O)[C@@H](C)[C@H](OC(C)=O)[C@@H]1C. The molecule has 1 amide bonds. The first kappa shape index (κ1) is 44.4. The van der Waals surface area contributed by atoms with Crippen molar-refractivity contribution in [3.63, 3.8) is 0 Å². The summed E-state index contributed by atoms with van der Waals surface area (Å²) in [6, 6.07) is 0. The number of carbonyl (C=O) groups is 3. The Labute approximate surface area is 339 Å². The highest BCUT2D eigenvalue weighted by molar-refractivity contribution is 6.22. The van der Waals surface area contributed by atoms with E-state index in [4.69, 9.17) is 18.9 Å². The number of anilines is 1. The lowest BCUT2D eigenvalue weighted by Gasteiger charge is -2.38. The quantitative estimate of drug-likeness (QED) is 0.143. The van der Waals surface area contributed by atoms with E-state index in [0.717, 1.165) is 13.1 Å². The third-order valence-corrected chi connectivity index (χ3v) is 12.1. The number of carbonyl (C=O) groups excluding carboxylic acids is 3. The second-order valence-corrected chi connectivity index (χ2v) is 16.3. The fourth-order valence-corrected chi connectivity index (χ4v) is 8.17. The number of allylic oxidation sites excluding steroid dienone is 2. The fraction of sp³-hybridized carbons (Fsp3) is 0.558. The Morgan fingerprint density at radius 3 is 2.21 bits per heavy atom. The molecular formula is C43H59N3O12. The number of phenolic OH excluding ortho intramolecular Hbond substituents is 3. The summed E-state index contributed by atoms with van der Waals surface area (Å²) in [7, 11) is 3.44. The van der Waals surface area contributed by atoms with Gasteiger partial charge in [-0.25, -0.2) is 0 Å². The molecule has 0 aromatic heterocycles. The van der Waals surface area contributed by atoms with Gasteiger partial charge in [0.1, 0.15) is 23.4 Å². The number of ether oxygens (including phenoxy) is 4. The molecule has 4 heterocycles. The van der Waals surface area contributed by atoms with Crippen LogP contribution in [0.2, 0.25) is 0 Å². The van der Waals surface area contributed by atoms with Crippen LogP contribution in [-0.2, 0) is 30.3 Å². The highest BCUT2D eigenvalue weighted by atomic mass is 16.7. The van der Waals surface area contributed by atoms with Crippen molar-refractivity contribution < 1.29 is 58.9 Å². The number of nitrogens with one attached hydrogen (secondary N) is 1. The Morgan fingerprint density at radius 1 is 0.931 bits per heavy atom. The van der Waals surface area contributed by atoms with Crippen LogP contribution in [0.5, 0.6) is 23.0 Å². The van der Waals surface area contributed by atoms with Crippen molar-refractivity contribution in [3.8, 4) is 23.0 Å². The number of Topliss-reactive ketones (excluding diaryl/α,β-unsaturated/α-hetero) is 1. The van der Waals surface area contributed by atoms with Crippen molar-refractivity contribution in [1.29, 1.82) is 0 Å². The number of hydrogen-bond acceptors (Lipinski definition) is 14. The lowest BCUT2D eigenvalue weighted by molar-refractivity contribution is -0.160.